The summed E-state index contributed by atoms with van der Waals surface area (Å²) in [6, 6.07) is 0. The fourth-order valence-corrected chi connectivity index (χ4v) is 2.39. The Bertz CT molecular complexity index is 427. The van der Waals surface area contributed by atoms with Crippen molar-refractivity contribution in [2.45, 2.75) is 56.1 Å². The smallest absolute Gasteiger partial charge is 0.300 e. The van der Waals surface area contributed by atoms with Gasteiger partial charge >= 0.3 is 39.5 Å². The van der Waals surface area contributed by atoms with E-state index in [0.29, 0.717) is 0 Å². The molecule has 0 fully saturated rings. The maximum absolute atomic E-state index is 12.3. The van der Waals surface area contributed by atoms with Crippen LogP contribution in [0.25, 0.3) is 0 Å². The largest absolute Gasteiger partial charge is 0.424 e. The molecule has 28 heavy (non-hydrogen) atoms. The van der Waals surface area contributed by atoms with Gasteiger partial charge in [-0.25, -0.2) is 0 Å². The van der Waals surface area contributed by atoms with Crippen LogP contribution in [0.5, 0.6) is 0 Å². The SMILES string of the molecule is CC(OP(OC(C(F)(F)F)C(F)(F)F)OC(C(F)(F)F)C(F)(F)F)C(F)(F)F. The second-order valence-corrected chi connectivity index (χ2v) is 5.73. The van der Waals surface area contributed by atoms with Crippen LogP contribution in [-0.4, -0.2) is 49.2 Å². The summed E-state index contributed by atoms with van der Waals surface area (Å²) in [7, 11) is -5.10. The summed E-state index contributed by atoms with van der Waals surface area (Å²) >= 11 is 0. The first-order chi connectivity index (χ1) is 12.0. The van der Waals surface area contributed by atoms with Gasteiger partial charge < -0.3 is 0 Å². The van der Waals surface area contributed by atoms with Crippen LogP contribution in [-0.2, 0) is 13.6 Å². The molecule has 3 nitrogen and oxygen atoms in total. The van der Waals surface area contributed by atoms with E-state index in [-0.39, 0.29) is 6.92 Å². The zero-order valence-electron chi connectivity index (χ0n) is 12.6. The maximum atomic E-state index is 12.3. The molecule has 0 aromatic heterocycles. The highest BCUT2D eigenvalue weighted by molar-refractivity contribution is 7.41. The van der Waals surface area contributed by atoms with Gasteiger partial charge in [-0.15, -0.1) is 0 Å². The van der Waals surface area contributed by atoms with Crippen molar-refractivity contribution in [2.75, 3.05) is 0 Å². The molecule has 0 rings (SSSR count). The van der Waals surface area contributed by atoms with Crippen LogP contribution in [0.3, 0.4) is 0 Å². The fourth-order valence-electron chi connectivity index (χ4n) is 1.05. The van der Waals surface area contributed by atoms with E-state index in [9.17, 15) is 65.9 Å². The molecule has 0 aliphatic carbocycles. The van der Waals surface area contributed by atoms with Gasteiger partial charge in [0.1, 0.15) is 0 Å². The molecule has 0 aromatic carbocycles. The minimum Gasteiger partial charge on any atom is -0.300 e. The monoisotopic (exact) mass is 478 g/mol. The molecule has 19 heteroatoms. The summed E-state index contributed by atoms with van der Waals surface area (Å²) in [4.78, 5) is 0. The molecule has 0 saturated heterocycles. The van der Waals surface area contributed by atoms with Crippen LogP contribution in [0, 0.1) is 0 Å². The molecule has 0 aliphatic heterocycles. The quantitative estimate of drug-likeness (QED) is 0.336. The Hall–Kier alpha value is -0.740. The van der Waals surface area contributed by atoms with Crippen LogP contribution in [0.15, 0.2) is 0 Å². The van der Waals surface area contributed by atoms with Crippen LogP contribution < -0.4 is 0 Å². The molecule has 1 atom stereocenters. The average molecular weight is 478 g/mol. The molecule has 0 spiro atoms. The van der Waals surface area contributed by atoms with E-state index in [1.165, 1.54) is 0 Å². The van der Waals surface area contributed by atoms with Crippen LogP contribution in [0.2, 0.25) is 0 Å². The van der Waals surface area contributed by atoms with Gasteiger partial charge in [-0.2, -0.15) is 65.9 Å². The molecule has 0 N–H and O–H groups in total. The normalized spacial score (nSPS) is 16.4. The highest BCUT2D eigenvalue weighted by Crippen LogP contribution is 2.54. The van der Waals surface area contributed by atoms with Crippen molar-refractivity contribution < 1.29 is 79.4 Å². The predicted molar refractivity (Wildman–Crippen MR) is 57.5 cm³/mol. The Balaban J connectivity index is 5.94. The third-order valence-electron chi connectivity index (χ3n) is 2.28. The van der Waals surface area contributed by atoms with E-state index in [1.807, 2.05) is 0 Å². The molecule has 0 heterocycles. The van der Waals surface area contributed by atoms with Gasteiger partial charge in [0.2, 0.25) is 0 Å². The lowest BCUT2D eigenvalue weighted by atomic mass is 10.3. The van der Waals surface area contributed by atoms with Gasteiger partial charge in [0.05, 0.1) is 0 Å². The molecule has 0 saturated carbocycles. The van der Waals surface area contributed by atoms with Crippen LogP contribution in [0.4, 0.5) is 65.9 Å². The van der Waals surface area contributed by atoms with Gasteiger partial charge in [0.15, 0.2) is 6.10 Å². The van der Waals surface area contributed by atoms with E-state index >= 15 is 0 Å². The van der Waals surface area contributed by atoms with E-state index in [1.54, 1.807) is 0 Å². The van der Waals surface area contributed by atoms with Gasteiger partial charge in [0, 0.05) is 0 Å². The molecular formula is C9H6F15O3P. The maximum Gasteiger partial charge on any atom is 0.424 e. The lowest BCUT2D eigenvalue weighted by molar-refractivity contribution is -0.316. The Morgan fingerprint density at radius 1 is 0.464 bits per heavy atom. The summed E-state index contributed by atoms with van der Waals surface area (Å²) < 4.78 is 194. The fraction of sp³-hybridized carbons (Fsp3) is 1.00. The Kier molecular flexibility index (Phi) is 8.33. The van der Waals surface area contributed by atoms with Crippen molar-refractivity contribution >= 4 is 8.60 Å². The molecule has 0 aliphatic rings. The van der Waals surface area contributed by atoms with E-state index in [4.69, 9.17) is 0 Å². The number of halogens is 15. The number of hydrogen-bond acceptors (Lipinski definition) is 3. The highest BCUT2D eigenvalue weighted by Gasteiger charge is 2.63. The third-order valence-corrected chi connectivity index (χ3v) is 3.53. The molecule has 0 radical (unpaired) electrons. The second kappa shape index (κ2) is 8.55. The molecule has 0 amide bonds. The molecule has 0 bridgehead atoms. The summed E-state index contributed by atoms with van der Waals surface area (Å²) in [6.07, 6.45) is -45.2. The lowest BCUT2D eigenvalue weighted by Gasteiger charge is -2.31. The van der Waals surface area contributed by atoms with Crippen molar-refractivity contribution in [1.29, 1.82) is 0 Å². The molecule has 1 unspecified atom stereocenters. The van der Waals surface area contributed by atoms with Gasteiger partial charge in [-0.05, 0) is 6.92 Å². The summed E-state index contributed by atoms with van der Waals surface area (Å²) in [5.74, 6) is 0. The standard InChI is InChI=1S/C9H6F15O3P/c1-2(5(10,11)12)25-28(26-3(6(13,14)15)7(16,17)18)27-4(8(19,20)21)9(22,23)24/h2-4H,1H3. The summed E-state index contributed by atoms with van der Waals surface area (Å²) in [5.41, 5.74) is 0. The van der Waals surface area contributed by atoms with Crippen molar-refractivity contribution in [3.8, 4) is 0 Å². The zero-order valence-corrected chi connectivity index (χ0v) is 13.5. The Morgan fingerprint density at radius 3 is 0.893 bits per heavy atom. The van der Waals surface area contributed by atoms with Crippen LogP contribution >= 0.6 is 8.60 Å². The number of hydrogen-bond donors (Lipinski definition) is 0. The first kappa shape index (κ1) is 27.3. The predicted octanol–water partition coefficient (Wildman–Crippen LogP) is 6.20. The van der Waals surface area contributed by atoms with Crippen LogP contribution in [0.1, 0.15) is 6.92 Å². The Morgan fingerprint density at radius 2 is 0.714 bits per heavy atom. The van der Waals surface area contributed by atoms with Crippen molar-refractivity contribution in [2.24, 2.45) is 0 Å². The lowest BCUT2D eigenvalue weighted by Crippen LogP contribution is -2.46. The molecule has 170 valence electrons. The highest BCUT2D eigenvalue weighted by atomic mass is 31.2. The van der Waals surface area contributed by atoms with E-state index in [2.05, 4.69) is 13.6 Å². The van der Waals surface area contributed by atoms with E-state index in [0.717, 1.165) is 0 Å². The average Bonchev–Trinajstić information content (AvgIpc) is 2.34. The summed E-state index contributed by atoms with van der Waals surface area (Å²) in [5, 5.41) is 0. The van der Waals surface area contributed by atoms with E-state index < -0.39 is 57.8 Å². The second-order valence-electron chi connectivity index (χ2n) is 4.65. The minimum absolute atomic E-state index is 0.131. The number of rotatable bonds is 6. The van der Waals surface area contributed by atoms with Gasteiger partial charge in [0.25, 0.3) is 12.2 Å². The first-order valence-electron chi connectivity index (χ1n) is 6.11. The van der Waals surface area contributed by atoms with Gasteiger partial charge in [-0.3, -0.25) is 13.6 Å². The number of alkyl halides is 15. The van der Waals surface area contributed by atoms with Crippen molar-refractivity contribution in [3.05, 3.63) is 0 Å². The third kappa shape index (κ3) is 8.73. The zero-order chi connectivity index (χ0) is 22.9. The van der Waals surface area contributed by atoms with Crippen molar-refractivity contribution in [3.63, 3.8) is 0 Å². The topological polar surface area (TPSA) is 27.7 Å². The van der Waals surface area contributed by atoms with Gasteiger partial charge in [-0.1, -0.05) is 0 Å². The minimum atomic E-state index is -6.49. The molecule has 0 aromatic rings. The molecular weight excluding hydrogens is 472 g/mol. The van der Waals surface area contributed by atoms with Crippen molar-refractivity contribution in [1.82, 2.24) is 0 Å². The summed E-state index contributed by atoms with van der Waals surface area (Å²) in [6.45, 7) is -0.131. The first-order valence-corrected chi connectivity index (χ1v) is 7.21. The Labute approximate surface area is 145 Å².